The van der Waals surface area contributed by atoms with Crippen LogP contribution in [0.2, 0.25) is 0 Å². The minimum Gasteiger partial charge on any atom is -0.489 e. The molecule has 0 amide bonds. The standard InChI is InChI=1S/C18H11F3N2O4/c1-9-14(17(24)25)13-6-12(5-11(7-22)15(13)27-9)26-8-10-3-2-4-23-16(10)18(19,20)21/h2-6H,8H2,1H3,(H,24,25). The van der Waals surface area contributed by atoms with E-state index in [4.69, 9.17) is 9.15 Å². The van der Waals surface area contributed by atoms with Crippen LogP contribution in [0.4, 0.5) is 13.2 Å². The van der Waals surface area contributed by atoms with Crippen LogP contribution in [0.5, 0.6) is 5.75 Å². The van der Waals surface area contributed by atoms with E-state index in [0.717, 1.165) is 6.20 Å². The van der Waals surface area contributed by atoms with Crippen molar-refractivity contribution in [3.8, 4) is 11.8 Å². The number of hydrogen-bond donors (Lipinski definition) is 1. The van der Waals surface area contributed by atoms with E-state index in [-0.39, 0.29) is 39.2 Å². The Kier molecular flexibility index (Phi) is 4.49. The summed E-state index contributed by atoms with van der Waals surface area (Å²) in [4.78, 5) is 14.8. The van der Waals surface area contributed by atoms with Crippen LogP contribution >= 0.6 is 0 Å². The Bertz CT molecular complexity index is 1080. The monoisotopic (exact) mass is 376 g/mol. The molecule has 138 valence electrons. The third kappa shape index (κ3) is 3.42. The van der Waals surface area contributed by atoms with E-state index in [1.165, 1.54) is 31.2 Å². The number of aromatic carboxylic acids is 1. The fraction of sp³-hybridized carbons (Fsp3) is 0.167. The van der Waals surface area contributed by atoms with Crippen LogP contribution in [0.3, 0.4) is 0 Å². The number of pyridine rings is 1. The fourth-order valence-electron chi connectivity index (χ4n) is 2.70. The van der Waals surface area contributed by atoms with E-state index in [1.807, 2.05) is 6.07 Å². The highest BCUT2D eigenvalue weighted by atomic mass is 19.4. The molecule has 0 saturated carbocycles. The topological polar surface area (TPSA) is 96.4 Å². The van der Waals surface area contributed by atoms with Gasteiger partial charge in [0.2, 0.25) is 0 Å². The predicted octanol–water partition coefficient (Wildman–Crippen LogP) is 4.30. The molecule has 0 atom stereocenters. The zero-order valence-electron chi connectivity index (χ0n) is 13.8. The summed E-state index contributed by atoms with van der Waals surface area (Å²) in [5.74, 6) is -1.10. The number of nitrogens with zero attached hydrogens (tertiary/aromatic N) is 2. The number of fused-ring (bicyclic) bond motifs is 1. The molecular formula is C18H11F3N2O4. The molecule has 3 aromatic rings. The van der Waals surface area contributed by atoms with Gasteiger partial charge in [0.05, 0.1) is 5.56 Å². The zero-order chi connectivity index (χ0) is 19.8. The summed E-state index contributed by atoms with van der Waals surface area (Å²) in [6, 6.07) is 7.04. The van der Waals surface area contributed by atoms with Crippen molar-refractivity contribution in [1.29, 1.82) is 5.26 Å². The zero-order valence-corrected chi connectivity index (χ0v) is 13.8. The highest BCUT2D eigenvalue weighted by Gasteiger charge is 2.35. The molecule has 1 aromatic carbocycles. The molecule has 0 radical (unpaired) electrons. The SMILES string of the molecule is Cc1oc2c(C#N)cc(OCc3cccnc3C(F)(F)F)cc2c1C(=O)O. The molecule has 0 aliphatic carbocycles. The van der Waals surface area contributed by atoms with E-state index in [1.54, 1.807) is 0 Å². The summed E-state index contributed by atoms with van der Waals surface area (Å²) in [6.45, 7) is 0.981. The highest BCUT2D eigenvalue weighted by Crippen LogP contribution is 2.34. The second-order valence-electron chi connectivity index (χ2n) is 5.60. The smallest absolute Gasteiger partial charge is 0.433 e. The summed E-state index contributed by atoms with van der Waals surface area (Å²) in [5, 5.41) is 18.7. The van der Waals surface area contributed by atoms with Crippen LogP contribution < -0.4 is 4.74 Å². The molecule has 3 rings (SSSR count). The van der Waals surface area contributed by atoms with Crippen LogP contribution in [-0.4, -0.2) is 16.1 Å². The molecule has 0 saturated heterocycles. The first kappa shape index (κ1) is 18.3. The second kappa shape index (κ2) is 6.64. The lowest BCUT2D eigenvalue weighted by Crippen LogP contribution is -2.13. The Labute approximate surface area is 150 Å². The molecule has 0 bridgehead atoms. The molecule has 2 aromatic heterocycles. The van der Waals surface area contributed by atoms with Gasteiger partial charge in [0, 0.05) is 23.2 Å². The number of alkyl halides is 3. The number of carboxylic acids is 1. The minimum absolute atomic E-state index is 0.0142. The third-order valence-corrected chi connectivity index (χ3v) is 3.83. The van der Waals surface area contributed by atoms with Crippen molar-refractivity contribution in [1.82, 2.24) is 4.98 Å². The molecule has 0 aliphatic heterocycles. The minimum atomic E-state index is -4.64. The predicted molar refractivity (Wildman–Crippen MR) is 86.2 cm³/mol. The Morgan fingerprint density at radius 2 is 2.15 bits per heavy atom. The van der Waals surface area contributed by atoms with Gasteiger partial charge in [-0.05, 0) is 19.1 Å². The van der Waals surface area contributed by atoms with Gasteiger partial charge in [0.1, 0.15) is 29.7 Å². The van der Waals surface area contributed by atoms with Gasteiger partial charge < -0.3 is 14.3 Å². The number of carboxylic acid groups (broad SMARTS) is 1. The maximum Gasteiger partial charge on any atom is 0.433 e. The van der Waals surface area contributed by atoms with Crippen molar-refractivity contribution < 1.29 is 32.2 Å². The molecule has 0 spiro atoms. The van der Waals surface area contributed by atoms with Crippen LogP contribution in [-0.2, 0) is 12.8 Å². The van der Waals surface area contributed by atoms with Gasteiger partial charge in [-0.1, -0.05) is 6.07 Å². The van der Waals surface area contributed by atoms with E-state index in [9.17, 15) is 28.3 Å². The lowest BCUT2D eigenvalue weighted by atomic mass is 10.1. The van der Waals surface area contributed by atoms with Crippen LogP contribution in [0.15, 0.2) is 34.9 Å². The largest absolute Gasteiger partial charge is 0.489 e. The maximum absolute atomic E-state index is 13.0. The van der Waals surface area contributed by atoms with Crippen molar-refractivity contribution in [3.05, 3.63) is 58.6 Å². The number of halogens is 3. The lowest BCUT2D eigenvalue weighted by Gasteiger charge is -2.12. The van der Waals surface area contributed by atoms with E-state index >= 15 is 0 Å². The van der Waals surface area contributed by atoms with Gasteiger partial charge in [-0.25, -0.2) is 4.79 Å². The number of benzene rings is 1. The number of furan rings is 1. The maximum atomic E-state index is 13.0. The molecule has 27 heavy (non-hydrogen) atoms. The Hall–Kier alpha value is -3.54. The van der Waals surface area contributed by atoms with Gasteiger partial charge in [-0.2, -0.15) is 18.4 Å². The van der Waals surface area contributed by atoms with Gasteiger partial charge in [-0.15, -0.1) is 0 Å². The van der Waals surface area contributed by atoms with E-state index in [2.05, 4.69) is 4.98 Å². The average Bonchev–Trinajstić information content (AvgIpc) is 2.94. The summed E-state index contributed by atoms with van der Waals surface area (Å²) >= 11 is 0. The summed E-state index contributed by atoms with van der Waals surface area (Å²) in [6.07, 6.45) is -3.61. The highest BCUT2D eigenvalue weighted by molar-refractivity contribution is 6.05. The van der Waals surface area contributed by atoms with E-state index < -0.39 is 24.4 Å². The Morgan fingerprint density at radius 3 is 2.78 bits per heavy atom. The molecule has 0 fully saturated rings. The summed E-state index contributed by atoms with van der Waals surface area (Å²) in [7, 11) is 0. The molecule has 0 aliphatic rings. The first-order valence-electron chi connectivity index (χ1n) is 7.56. The van der Waals surface area contributed by atoms with Crippen molar-refractivity contribution in [2.45, 2.75) is 19.7 Å². The van der Waals surface area contributed by atoms with Crippen molar-refractivity contribution in [2.75, 3.05) is 0 Å². The van der Waals surface area contributed by atoms with Gasteiger partial charge >= 0.3 is 12.1 Å². The molecule has 0 unspecified atom stereocenters. The molecular weight excluding hydrogens is 365 g/mol. The average molecular weight is 376 g/mol. The molecule has 1 N–H and O–H groups in total. The fourth-order valence-corrected chi connectivity index (χ4v) is 2.70. The number of nitriles is 1. The van der Waals surface area contributed by atoms with Gasteiger partial charge in [0.15, 0.2) is 11.3 Å². The Balaban J connectivity index is 2.01. The van der Waals surface area contributed by atoms with Crippen LogP contribution in [0, 0.1) is 18.3 Å². The second-order valence-corrected chi connectivity index (χ2v) is 5.60. The first-order chi connectivity index (χ1) is 12.7. The third-order valence-electron chi connectivity index (χ3n) is 3.83. The number of aromatic nitrogens is 1. The summed E-state index contributed by atoms with van der Waals surface area (Å²) < 4.78 is 49.8. The number of hydrogen-bond acceptors (Lipinski definition) is 5. The van der Waals surface area contributed by atoms with Crippen LogP contribution in [0.1, 0.15) is 32.9 Å². The molecule has 9 heteroatoms. The normalized spacial score (nSPS) is 11.4. The van der Waals surface area contributed by atoms with Gasteiger partial charge in [-0.3, -0.25) is 4.98 Å². The first-order valence-corrected chi connectivity index (χ1v) is 7.56. The quantitative estimate of drug-likeness (QED) is 0.729. The van der Waals surface area contributed by atoms with Crippen LogP contribution in [0.25, 0.3) is 11.0 Å². The lowest BCUT2D eigenvalue weighted by molar-refractivity contribution is -0.142. The molecule has 2 heterocycles. The van der Waals surface area contributed by atoms with Crippen molar-refractivity contribution in [2.24, 2.45) is 0 Å². The van der Waals surface area contributed by atoms with E-state index in [0.29, 0.717) is 0 Å². The van der Waals surface area contributed by atoms with Crippen molar-refractivity contribution >= 4 is 16.9 Å². The number of rotatable bonds is 4. The van der Waals surface area contributed by atoms with Crippen molar-refractivity contribution in [3.63, 3.8) is 0 Å². The summed E-state index contributed by atoms with van der Waals surface area (Å²) in [5.41, 5.74) is -1.30. The number of aryl methyl sites for hydroxylation is 1. The number of carbonyl (C=O) groups is 1. The van der Waals surface area contributed by atoms with Gasteiger partial charge in [0.25, 0.3) is 0 Å². The number of ether oxygens (including phenoxy) is 1. The molecule has 6 nitrogen and oxygen atoms in total. The Morgan fingerprint density at radius 1 is 1.41 bits per heavy atom.